The summed E-state index contributed by atoms with van der Waals surface area (Å²) in [7, 11) is 0. The van der Waals surface area contributed by atoms with Gasteiger partial charge in [0.1, 0.15) is 5.75 Å². The van der Waals surface area contributed by atoms with Gasteiger partial charge in [-0.1, -0.05) is 0 Å². The van der Waals surface area contributed by atoms with Gasteiger partial charge in [0.2, 0.25) is 0 Å². The van der Waals surface area contributed by atoms with E-state index < -0.39 is 5.91 Å². The second-order valence-electron chi connectivity index (χ2n) is 5.65. The Kier molecular flexibility index (Phi) is 6.61. The number of carbonyl (C=O) groups excluding carboxylic acids is 2. The maximum atomic E-state index is 12.1. The largest absolute Gasteiger partial charge is 0.483 e. The van der Waals surface area contributed by atoms with E-state index in [0.717, 1.165) is 5.56 Å². The Labute approximate surface area is 164 Å². The van der Waals surface area contributed by atoms with Gasteiger partial charge < -0.3 is 18.8 Å². The van der Waals surface area contributed by atoms with Gasteiger partial charge in [0.05, 0.1) is 30.2 Å². The van der Waals surface area contributed by atoms with Crippen molar-refractivity contribution in [2.24, 2.45) is 5.10 Å². The normalized spacial score (nSPS) is 14.3. The molecule has 2 heterocycles. The summed E-state index contributed by atoms with van der Waals surface area (Å²) in [5.41, 5.74) is 3.12. The van der Waals surface area contributed by atoms with Gasteiger partial charge in [-0.05, 0) is 51.8 Å². The smallest absolute Gasteiger partial charge is 0.307 e. The molecular weight excluding hydrogens is 418 g/mol. The van der Waals surface area contributed by atoms with Crippen LogP contribution >= 0.6 is 15.9 Å². The molecule has 0 atom stereocenters. The zero-order chi connectivity index (χ0) is 19.1. The van der Waals surface area contributed by atoms with Crippen LogP contribution in [0.25, 0.3) is 0 Å². The fourth-order valence-electron chi connectivity index (χ4n) is 2.39. The molecule has 1 aromatic carbocycles. The van der Waals surface area contributed by atoms with Crippen molar-refractivity contribution in [1.82, 2.24) is 10.3 Å². The summed E-state index contributed by atoms with van der Waals surface area (Å²) in [6, 6.07) is 8.44. The van der Waals surface area contributed by atoms with E-state index in [1.54, 1.807) is 35.2 Å². The highest BCUT2D eigenvalue weighted by molar-refractivity contribution is 9.10. The summed E-state index contributed by atoms with van der Waals surface area (Å²) >= 11 is 3.41. The molecule has 1 aliphatic rings. The van der Waals surface area contributed by atoms with Gasteiger partial charge in [0, 0.05) is 13.1 Å². The van der Waals surface area contributed by atoms with Crippen molar-refractivity contribution in [2.45, 2.75) is 0 Å². The highest BCUT2D eigenvalue weighted by Gasteiger charge is 2.17. The molecule has 0 radical (unpaired) electrons. The number of nitrogens with zero attached hydrogens (tertiary/aromatic N) is 2. The number of hydrazone groups is 1. The maximum absolute atomic E-state index is 12.1. The van der Waals surface area contributed by atoms with Gasteiger partial charge in [-0.3, -0.25) is 9.59 Å². The van der Waals surface area contributed by atoms with E-state index in [9.17, 15) is 9.59 Å². The predicted octanol–water partition coefficient (Wildman–Crippen LogP) is 2.04. The lowest BCUT2D eigenvalue weighted by molar-refractivity contribution is -0.137. The van der Waals surface area contributed by atoms with E-state index in [2.05, 4.69) is 26.5 Å². The number of furan rings is 1. The summed E-state index contributed by atoms with van der Waals surface area (Å²) < 4.78 is 16.5. The quantitative estimate of drug-likeness (QED) is 0.553. The molecule has 142 valence electrons. The van der Waals surface area contributed by atoms with Crippen LogP contribution in [0.5, 0.6) is 5.75 Å². The number of ether oxygens (including phenoxy) is 2. The van der Waals surface area contributed by atoms with Crippen LogP contribution in [-0.4, -0.2) is 55.8 Å². The van der Waals surface area contributed by atoms with Crippen LogP contribution in [0.1, 0.15) is 16.1 Å². The molecule has 2 aromatic rings. The molecule has 2 amide bonds. The molecule has 1 fully saturated rings. The van der Waals surface area contributed by atoms with Crippen LogP contribution in [0.4, 0.5) is 0 Å². The Morgan fingerprint density at radius 3 is 2.81 bits per heavy atom. The number of amides is 2. The lowest BCUT2D eigenvalue weighted by Gasteiger charge is -2.26. The van der Waals surface area contributed by atoms with Crippen LogP contribution in [-0.2, 0) is 9.53 Å². The number of hydrogen-bond donors (Lipinski definition) is 1. The van der Waals surface area contributed by atoms with Gasteiger partial charge in [-0.25, -0.2) is 5.43 Å². The lowest BCUT2D eigenvalue weighted by Crippen LogP contribution is -2.43. The zero-order valence-electron chi connectivity index (χ0n) is 14.4. The average molecular weight is 436 g/mol. The first-order chi connectivity index (χ1) is 13.1. The Morgan fingerprint density at radius 1 is 1.30 bits per heavy atom. The molecule has 9 heteroatoms. The van der Waals surface area contributed by atoms with E-state index in [-0.39, 0.29) is 18.3 Å². The molecule has 0 aliphatic carbocycles. The molecule has 0 unspecified atom stereocenters. The third-order valence-corrected chi connectivity index (χ3v) is 4.42. The summed E-state index contributed by atoms with van der Waals surface area (Å²) in [5.74, 6) is 0.226. The Balaban J connectivity index is 1.51. The molecule has 27 heavy (non-hydrogen) atoms. The molecule has 0 spiro atoms. The first-order valence-corrected chi connectivity index (χ1v) is 9.07. The second kappa shape index (κ2) is 9.33. The van der Waals surface area contributed by atoms with Gasteiger partial charge >= 0.3 is 5.91 Å². The number of hydrogen-bond acceptors (Lipinski definition) is 6. The molecule has 1 saturated heterocycles. The Morgan fingerprint density at radius 2 is 2.11 bits per heavy atom. The van der Waals surface area contributed by atoms with Crippen molar-refractivity contribution < 1.29 is 23.5 Å². The second-order valence-corrected chi connectivity index (χ2v) is 6.50. The van der Waals surface area contributed by atoms with Crippen molar-refractivity contribution in [3.63, 3.8) is 0 Å². The lowest BCUT2D eigenvalue weighted by atomic mass is 10.2. The maximum Gasteiger partial charge on any atom is 0.307 e. The first-order valence-electron chi connectivity index (χ1n) is 8.28. The minimum atomic E-state index is -0.433. The minimum Gasteiger partial charge on any atom is -0.483 e. The molecule has 1 aromatic heterocycles. The molecule has 1 N–H and O–H groups in total. The van der Waals surface area contributed by atoms with Crippen molar-refractivity contribution in [1.29, 1.82) is 0 Å². The van der Waals surface area contributed by atoms with Crippen LogP contribution in [0.2, 0.25) is 0 Å². The van der Waals surface area contributed by atoms with Crippen molar-refractivity contribution >= 4 is 34.0 Å². The highest BCUT2D eigenvalue weighted by Crippen LogP contribution is 2.25. The predicted molar refractivity (Wildman–Crippen MR) is 101 cm³/mol. The fraction of sp³-hybridized carbons (Fsp3) is 0.278. The zero-order valence-corrected chi connectivity index (χ0v) is 16.0. The summed E-state index contributed by atoms with van der Waals surface area (Å²) in [6.07, 6.45) is 2.91. The monoisotopic (exact) mass is 435 g/mol. The molecule has 3 rings (SSSR count). The van der Waals surface area contributed by atoms with Crippen molar-refractivity contribution in [3.8, 4) is 5.75 Å². The van der Waals surface area contributed by atoms with Crippen LogP contribution in [0.3, 0.4) is 0 Å². The standard InChI is InChI=1S/C18H18BrN3O5/c19-14-10-13(11-20-21-18(24)16-2-1-7-26-16)3-4-15(14)27-12-17(23)22-5-8-25-9-6-22/h1-4,7,10-11H,5-6,8-9,12H2,(H,21,24). The fourth-order valence-corrected chi connectivity index (χ4v) is 2.90. The molecule has 0 saturated carbocycles. The van der Waals surface area contributed by atoms with E-state index in [0.29, 0.717) is 36.5 Å². The van der Waals surface area contributed by atoms with Gasteiger partial charge in [0.15, 0.2) is 12.4 Å². The Hall–Kier alpha value is -2.65. The number of rotatable bonds is 6. The SMILES string of the molecule is O=C(NN=Cc1ccc(OCC(=O)N2CCOCC2)c(Br)c1)c1ccco1. The van der Waals surface area contributed by atoms with Crippen LogP contribution in [0, 0.1) is 0 Å². The van der Waals surface area contributed by atoms with E-state index in [1.165, 1.54) is 12.5 Å². The van der Waals surface area contributed by atoms with Crippen molar-refractivity contribution in [2.75, 3.05) is 32.9 Å². The first kappa shape index (κ1) is 19.1. The Bertz CT molecular complexity index is 816. The van der Waals surface area contributed by atoms with E-state index >= 15 is 0 Å². The topological polar surface area (TPSA) is 93.4 Å². The molecule has 8 nitrogen and oxygen atoms in total. The van der Waals surface area contributed by atoms with Crippen LogP contribution in [0.15, 0.2) is 50.6 Å². The van der Waals surface area contributed by atoms with E-state index in [4.69, 9.17) is 13.9 Å². The van der Waals surface area contributed by atoms with E-state index in [1.807, 2.05) is 0 Å². The molecule has 0 bridgehead atoms. The highest BCUT2D eigenvalue weighted by atomic mass is 79.9. The van der Waals surface area contributed by atoms with Crippen molar-refractivity contribution in [3.05, 3.63) is 52.4 Å². The average Bonchev–Trinajstić information content (AvgIpc) is 3.22. The number of carbonyl (C=O) groups is 2. The minimum absolute atomic E-state index is 0.0365. The van der Waals surface area contributed by atoms with Gasteiger partial charge in [0.25, 0.3) is 5.91 Å². The number of morpholine rings is 1. The van der Waals surface area contributed by atoms with Gasteiger partial charge in [-0.2, -0.15) is 5.10 Å². The summed E-state index contributed by atoms with van der Waals surface area (Å²) in [5, 5.41) is 3.88. The number of nitrogens with one attached hydrogen (secondary N) is 1. The molecule has 1 aliphatic heterocycles. The number of halogens is 1. The summed E-state index contributed by atoms with van der Waals surface area (Å²) in [4.78, 5) is 25.5. The number of benzene rings is 1. The molecular formula is C18H18BrN3O5. The van der Waals surface area contributed by atoms with Gasteiger partial charge in [-0.15, -0.1) is 0 Å². The third-order valence-electron chi connectivity index (χ3n) is 3.80. The summed E-state index contributed by atoms with van der Waals surface area (Å²) in [6.45, 7) is 2.25. The third kappa shape index (κ3) is 5.41. The van der Waals surface area contributed by atoms with Crippen LogP contribution < -0.4 is 10.2 Å².